The highest BCUT2D eigenvalue weighted by molar-refractivity contribution is 5.07. The molecule has 14 heavy (non-hydrogen) atoms. The van der Waals surface area contributed by atoms with E-state index in [0.29, 0.717) is 0 Å². The number of nitro groups is 2. The third-order valence-electron chi connectivity index (χ3n) is 1.60. The summed E-state index contributed by atoms with van der Waals surface area (Å²) in [6, 6.07) is 3.99. The number of aromatic nitrogens is 1. The van der Waals surface area contributed by atoms with Crippen LogP contribution in [0.15, 0.2) is 24.4 Å². The van der Waals surface area contributed by atoms with E-state index in [1.807, 2.05) is 0 Å². The van der Waals surface area contributed by atoms with Crippen LogP contribution in [0.2, 0.25) is 0 Å². The lowest BCUT2D eigenvalue weighted by Gasteiger charge is -2.09. The summed E-state index contributed by atoms with van der Waals surface area (Å²) in [7, 11) is 0. The SMILES string of the molecule is NC(c1ccccn1)([N+](=O)[O-])[N+](=O)[O-]. The molecule has 0 spiro atoms. The van der Waals surface area contributed by atoms with Gasteiger partial charge < -0.3 is 0 Å². The van der Waals surface area contributed by atoms with E-state index in [-0.39, 0.29) is 0 Å². The molecule has 0 saturated carbocycles. The summed E-state index contributed by atoms with van der Waals surface area (Å²) in [6.45, 7) is 0. The predicted molar refractivity (Wildman–Crippen MR) is 44.1 cm³/mol. The van der Waals surface area contributed by atoms with Gasteiger partial charge in [0, 0.05) is 6.20 Å². The molecule has 0 fully saturated rings. The Labute approximate surface area is 77.7 Å². The number of hydrogen-bond acceptors (Lipinski definition) is 6. The Hall–Kier alpha value is -2.09. The van der Waals surface area contributed by atoms with Gasteiger partial charge in [0.1, 0.15) is 9.85 Å². The highest BCUT2D eigenvalue weighted by Crippen LogP contribution is 2.16. The first-order chi connectivity index (χ1) is 6.49. The molecule has 1 heterocycles. The third kappa shape index (κ3) is 1.38. The maximum Gasteiger partial charge on any atom is 0.562 e. The van der Waals surface area contributed by atoms with Crippen molar-refractivity contribution in [2.24, 2.45) is 5.73 Å². The maximum absolute atomic E-state index is 10.5. The molecule has 0 bridgehead atoms. The second-order valence-corrected chi connectivity index (χ2v) is 2.46. The van der Waals surface area contributed by atoms with E-state index in [1.54, 1.807) is 0 Å². The van der Waals surface area contributed by atoms with Crippen molar-refractivity contribution in [2.45, 2.75) is 5.79 Å². The fourth-order valence-corrected chi connectivity index (χ4v) is 0.834. The lowest BCUT2D eigenvalue weighted by Crippen LogP contribution is -2.52. The topological polar surface area (TPSA) is 125 Å². The van der Waals surface area contributed by atoms with Crippen molar-refractivity contribution in [3.63, 3.8) is 0 Å². The Balaban J connectivity index is 3.27. The summed E-state index contributed by atoms with van der Waals surface area (Å²) in [5.41, 5.74) is 4.64. The fourth-order valence-electron chi connectivity index (χ4n) is 0.834. The monoisotopic (exact) mass is 198 g/mol. The molecule has 0 aromatic carbocycles. The Bertz CT molecular complexity index is 351. The molecule has 2 N–H and O–H groups in total. The van der Waals surface area contributed by atoms with Crippen molar-refractivity contribution >= 4 is 0 Å². The molecule has 0 radical (unpaired) electrons. The molecule has 0 unspecified atom stereocenters. The maximum atomic E-state index is 10.5. The van der Waals surface area contributed by atoms with Crippen molar-refractivity contribution in [3.05, 3.63) is 50.3 Å². The Morgan fingerprint density at radius 1 is 1.29 bits per heavy atom. The first kappa shape index (κ1) is 9.99. The van der Waals surface area contributed by atoms with Gasteiger partial charge in [-0.2, -0.15) is 5.73 Å². The highest BCUT2D eigenvalue weighted by Gasteiger charge is 2.55. The lowest BCUT2D eigenvalue weighted by molar-refractivity contribution is -0.810. The van der Waals surface area contributed by atoms with Crippen LogP contribution in [-0.4, -0.2) is 14.8 Å². The van der Waals surface area contributed by atoms with Gasteiger partial charge in [-0.05, 0) is 12.1 Å². The van der Waals surface area contributed by atoms with Crippen LogP contribution in [0.1, 0.15) is 5.69 Å². The van der Waals surface area contributed by atoms with Crippen LogP contribution >= 0.6 is 0 Å². The van der Waals surface area contributed by atoms with Gasteiger partial charge in [-0.3, -0.25) is 20.2 Å². The Kier molecular flexibility index (Phi) is 2.38. The van der Waals surface area contributed by atoms with E-state index >= 15 is 0 Å². The van der Waals surface area contributed by atoms with Gasteiger partial charge in [0.2, 0.25) is 5.69 Å². The third-order valence-corrected chi connectivity index (χ3v) is 1.60. The first-order valence-corrected chi connectivity index (χ1v) is 3.49. The minimum atomic E-state index is -2.87. The van der Waals surface area contributed by atoms with Crippen LogP contribution in [-0.2, 0) is 5.79 Å². The second kappa shape index (κ2) is 3.34. The number of nitrogens with two attached hydrogens (primary N) is 1. The minimum absolute atomic E-state index is 0.407. The van der Waals surface area contributed by atoms with E-state index in [2.05, 4.69) is 4.98 Å². The van der Waals surface area contributed by atoms with Crippen LogP contribution in [0, 0.1) is 20.2 Å². The zero-order valence-corrected chi connectivity index (χ0v) is 6.86. The van der Waals surface area contributed by atoms with Crippen molar-refractivity contribution in [2.75, 3.05) is 0 Å². The summed E-state index contributed by atoms with van der Waals surface area (Å²) in [4.78, 5) is 22.0. The quantitative estimate of drug-likeness (QED) is 0.403. The van der Waals surface area contributed by atoms with Crippen LogP contribution in [0.5, 0.6) is 0 Å². The number of hydrogen-bond donors (Lipinski definition) is 1. The largest absolute Gasteiger partial charge is 0.562 e. The van der Waals surface area contributed by atoms with Gasteiger partial charge in [0.05, 0.1) is 0 Å². The van der Waals surface area contributed by atoms with E-state index in [1.165, 1.54) is 18.3 Å². The van der Waals surface area contributed by atoms with Crippen molar-refractivity contribution in [3.8, 4) is 0 Å². The average Bonchev–Trinajstić information content (AvgIpc) is 2.17. The normalized spacial score (nSPS) is 10.9. The van der Waals surface area contributed by atoms with Crippen LogP contribution in [0.4, 0.5) is 0 Å². The molecule has 1 rings (SSSR count). The summed E-state index contributed by atoms with van der Waals surface area (Å²) >= 11 is 0. The van der Waals surface area contributed by atoms with E-state index in [9.17, 15) is 20.2 Å². The molecule has 1 aromatic heterocycles. The molecule has 0 aliphatic heterocycles. The zero-order valence-electron chi connectivity index (χ0n) is 6.86. The molecule has 0 saturated heterocycles. The van der Waals surface area contributed by atoms with Gasteiger partial charge >= 0.3 is 5.79 Å². The number of rotatable bonds is 3. The van der Waals surface area contributed by atoms with Crippen LogP contribution in [0.3, 0.4) is 0 Å². The molecule has 74 valence electrons. The molecule has 0 aliphatic rings. The summed E-state index contributed by atoms with van der Waals surface area (Å²) < 4.78 is 0. The van der Waals surface area contributed by atoms with Gasteiger partial charge in [-0.15, -0.1) is 0 Å². The van der Waals surface area contributed by atoms with Gasteiger partial charge in [-0.25, -0.2) is 4.98 Å². The van der Waals surface area contributed by atoms with Crippen molar-refractivity contribution in [1.82, 2.24) is 4.98 Å². The van der Waals surface area contributed by atoms with Gasteiger partial charge in [-0.1, -0.05) is 6.07 Å². The highest BCUT2D eigenvalue weighted by atomic mass is 16.7. The Morgan fingerprint density at radius 2 is 1.86 bits per heavy atom. The fraction of sp³-hybridized carbons (Fsp3) is 0.167. The standard InChI is InChI=1S/C6H6N4O4/c7-6(9(11)12,10(13)14)5-3-1-2-4-8-5/h1-4H,7H2. The molecule has 0 amide bonds. The van der Waals surface area contributed by atoms with E-state index in [4.69, 9.17) is 5.73 Å². The molecule has 0 aliphatic carbocycles. The van der Waals surface area contributed by atoms with E-state index in [0.717, 1.165) is 6.07 Å². The molecule has 1 aromatic rings. The molecule has 8 nitrogen and oxygen atoms in total. The molecule has 8 heteroatoms. The van der Waals surface area contributed by atoms with Crippen LogP contribution < -0.4 is 5.73 Å². The second-order valence-electron chi connectivity index (χ2n) is 2.46. The summed E-state index contributed by atoms with van der Waals surface area (Å²) in [6.07, 6.45) is 1.20. The molecule has 0 atom stereocenters. The van der Waals surface area contributed by atoms with Gasteiger partial charge in [0.25, 0.3) is 0 Å². The van der Waals surface area contributed by atoms with Crippen molar-refractivity contribution < 1.29 is 9.85 Å². The Morgan fingerprint density at radius 3 is 2.21 bits per heavy atom. The van der Waals surface area contributed by atoms with Crippen LogP contribution in [0.25, 0.3) is 0 Å². The number of pyridine rings is 1. The van der Waals surface area contributed by atoms with Crippen molar-refractivity contribution in [1.29, 1.82) is 0 Å². The summed E-state index contributed by atoms with van der Waals surface area (Å²) in [5, 5.41) is 20.9. The predicted octanol–water partition coefficient (Wildman–Crippen LogP) is -0.296. The smallest absolute Gasteiger partial charge is 0.257 e. The van der Waals surface area contributed by atoms with E-state index < -0.39 is 21.3 Å². The zero-order chi connectivity index (χ0) is 10.8. The average molecular weight is 198 g/mol. The lowest BCUT2D eigenvalue weighted by atomic mass is 10.2. The first-order valence-electron chi connectivity index (χ1n) is 3.49. The molecular weight excluding hydrogens is 192 g/mol. The summed E-state index contributed by atoms with van der Waals surface area (Å²) in [5.74, 6) is -2.87. The molecular formula is C6H6N4O4. The minimum Gasteiger partial charge on any atom is -0.257 e. The number of nitrogens with zero attached hydrogens (tertiary/aromatic N) is 3. The van der Waals surface area contributed by atoms with Gasteiger partial charge in [0.15, 0.2) is 0 Å².